The maximum absolute atomic E-state index is 6.11. The van der Waals surface area contributed by atoms with Gasteiger partial charge in [-0.3, -0.25) is 0 Å². The molecule has 1 unspecified atom stereocenters. The molecule has 0 aliphatic carbocycles. The molecule has 100 valence electrons. The normalized spacial score (nSPS) is 18.6. The fourth-order valence-corrected chi connectivity index (χ4v) is 2.03. The molecule has 1 fully saturated rings. The molecule has 2 N–H and O–H groups in total. The molecule has 0 saturated carbocycles. The summed E-state index contributed by atoms with van der Waals surface area (Å²) in [5.41, 5.74) is 7.18. The van der Waals surface area contributed by atoms with Gasteiger partial charge in [0.05, 0.1) is 25.9 Å². The Bertz CT molecular complexity index is 347. The fraction of sp³-hybridized carbons (Fsp3) is 0.571. The standard InChI is InChI=1S/C14H21NO3/c1-16-12-4-2-11(3-5-12)14(15)10-18-13-6-8-17-9-7-13/h2-5,13-14H,6-10,15H2,1H3. The van der Waals surface area contributed by atoms with Crippen LogP contribution in [0.1, 0.15) is 24.4 Å². The zero-order chi connectivity index (χ0) is 12.8. The zero-order valence-electron chi connectivity index (χ0n) is 10.8. The number of hydrogen-bond donors (Lipinski definition) is 1. The molecule has 1 aromatic rings. The first-order valence-electron chi connectivity index (χ1n) is 6.38. The van der Waals surface area contributed by atoms with E-state index in [0.29, 0.717) is 12.7 Å². The highest BCUT2D eigenvalue weighted by molar-refractivity contribution is 5.28. The van der Waals surface area contributed by atoms with Crippen LogP contribution in [0.5, 0.6) is 5.75 Å². The molecule has 0 amide bonds. The first-order chi connectivity index (χ1) is 8.79. The molecule has 0 radical (unpaired) electrons. The van der Waals surface area contributed by atoms with Gasteiger partial charge in [-0.15, -0.1) is 0 Å². The molecule has 1 heterocycles. The van der Waals surface area contributed by atoms with Crippen LogP contribution in [0.25, 0.3) is 0 Å². The Kier molecular flexibility index (Phi) is 4.99. The second-order valence-electron chi connectivity index (χ2n) is 4.52. The van der Waals surface area contributed by atoms with E-state index in [1.165, 1.54) is 0 Å². The van der Waals surface area contributed by atoms with Crippen molar-refractivity contribution >= 4 is 0 Å². The van der Waals surface area contributed by atoms with Crippen LogP contribution in [0.15, 0.2) is 24.3 Å². The van der Waals surface area contributed by atoms with E-state index in [4.69, 9.17) is 19.9 Å². The van der Waals surface area contributed by atoms with Crippen LogP contribution in [-0.2, 0) is 9.47 Å². The number of ether oxygens (including phenoxy) is 3. The van der Waals surface area contributed by atoms with Gasteiger partial charge in [-0.25, -0.2) is 0 Å². The zero-order valence-corrected chi connectivity index (χ0v) is 10.8. The minimum atomic E-state index is -0.0845. The summed E-state index contributed by atoms with van der Waals surface area (Å²) < 4.78 is 16.2. The van der Waals surface area contributed by atoms with Crippen molar-refractivity contribution in [2.75, 3.05) is 26.9 Å². The van der Waals surface area contributed by atoms with Crippen LogP contribution in [0.3, 0.4) is 0 Å². The maximum atomic E-state index is 6.11. The van der Waals surface area contributed by atoms with Crippen molar-refractivity contribution in [3.05, 3.63) is 29.8 Å². The van der Waals surface area contributed by atoms with Gasteiger partial charge in [0.1, 0.15) is 5.75 Å². The van der Waals surface area contributed by atoms with Crippen LogP contribution in [0.2, 0.25) is 0 Å². The highest BCUT2D eigenvalue weighted by Gasteiger charge is 2.16. The van der Waals surface area contributed by atoms with Crippen molar-refractivity contribution in [3.8, 4) is 5.75 Å². The van der Waals surface area contributed by atoms with E-state index >= 15 is 0 Å². The summed E-state index contributed by atoms with van der Waals surface area (Å²) in [6, 6.07) is 7.72. The summed E-state index contributed by atoms with van der Waals surface area (Å²) >= 11 is 0. The Balaban J connectivity index is 1.80. The summed E-state index contributed by atoms with van der Waals surface area (Å²) in [6.07, 6.45) is 2.23. The number of hydrogen-bond acceptors (Lipinski definition) is 4. The molecule has 0 bridgehead atoms. The van der Waals surface area contributed by atoms with Gasteiger partial charge < -0.3 is 19.9 Å². The third-order valence-electron chi connectivity index (χ3n) is 3.22. The summed E-state index contributed by atoms with van der Waals surface area (Å²) in [5.74, 6) is 0.844. The van der Waals surface area contributed by atoms with Gasteiger partial charge in [0.2, 0.25) is 0 Å². The number of nitrogens with two attached hydrogens (primary N) is 1. The first kappa shape index (κ1) is 13.3. The van der Waals surface area contributed by atoms with Gasteiger partial charge in [0.25, 0.3) is 0 Å². The molecule has 1 aromatic carbocycles. The topological polar surface area (TPSA) is 53.7 Å². The predicted molar refractivity (Wildman–Crippen MR) is 69.7 cm³/mol. The van der Waals surface area contributed by atoms with E-state index in [9.17, 15) is 0 Å². The minimum absolute atomic E-state index is 0.0845. The third kappa shape index (κ3) is 3.70. The highest BCUT2D eigenvalue weighted by atomic mass is 16.5. The Labute approximate surface area is 108 Å². The quantitative estimate of drug-likeness (QED) is 0.868. The Morgan fingerprint density at radius 1 is 1.28 bits per heavy atom. The lowest BCUT2D eigenvalue weighted by Gasteiger charge is -2.24. The molecule has 4 nitrogen and oxygen atoms in total. The predicted octanol–water partition coefficient (Wildman–Crippen LogP) is 1.89. The van der Waals surface area contributed by atoms with E-state index in [1.807, 2.05) is 24.3 Å². The molecule has 1 aliphatic heterocycles. The average molecular weight is 251 g/mol. The van der Waals surface area contributed by atoms with Crippen molar-refractivity contribution in [1.29, 1.82) is 0 Å². The van der Waals surface area contributed by atoms with Crippen molar-refractivity contribution in [2.24, 2.45) is 5.73 Å². The molecule has 0 aromatic heterocycles. The van der Waals surface area contributed by atoms with Crippen molar-refractivity contribution in [3.63, 3.8) is 0 Å². The van der Waals surface area contributed by atoms with Gasteiger partial charge in [-0.2, -0.15) is 0 Å². The molecule has 1 aliphatic rings. The van der Waals surface area contributed by atoms with E-state index in [-0.39, 0.29) is 6.04 Å². The number of benzene rings is 1. The van der Waals surface area contributed by atoms with Gasteiger partial charge in [0, 0.05) is 13.2 Å². The molecule has 0 spiro atoms. The summed E-state index contributed by atoms with van der Waals surface area (Å²) in [5, 5.41) is 0. The Hall–Kier alpha value is -1.10. The Morgan fingerprint density at radius 2 is 1.94 bits per heavy atom. The lowest BCUT2D eigenvalue weighted by molar-refractivity contribution is -0.0358. The van der Waals surface area contributed by atoms with Gasteiger partial charge in [-0.05, 0) is 30.5 Å². The van der Waals surface area contributed by atoms with E-state index in [0.717, 1.165) is 37.4 Å². The summed E-state index contributed by atoms with van der Waals surface area (Å²) in [7, 11) is 1.66. The smallest absolute Gasteiger partial charge is 0.118 e. The largest absolute Gasteiger partial charge is 0.497 e. The molecule has 1 saturated heterocycles. The van der Waals surface area contributed by atoms with E-state index in [2.05, 4.69) is 0 Å². The minimum Gasteiger partial charge on any atom is -0.497 e. The second-order valence-corrected chi connectivity index (χ2v) is 4.52. The van der Waals surface area contributed by atoms with Crippen LogP contribution in [-0.4, -0.2) is 33.0 Å². The summed E-state index contributed by atoms with van der Waals surface area (Å²) in [6.45, 7) is 2.14. The van der Waals surface area contributed by atoms with Crippen LogP contribution >= 0.6 is 0 Å². The molecular formula is C14H21NO3. The Morgan fingerprint density at radius 3 is 2.56 bits per heavy atom. The van der Waals surface area contributed by atoms with E-state index < -0.39 is 0 Å². The molecule has 2 rings (SSSR count). The molecule has 1 atom stereocenters. The second kappa shape index (κ2) is 6.73. The molecule has 18 heavy (non-hydrogen) atoms. The number of rotatable bonds is 5. The highest BCUT2D eigenvalue weighted by Crippen LogP contribution is 2.18. The van der Waals surface area contributed by atoms with Crippen molar-refractivity contribution in [2.45, 2.75) is 25.0 Å². The molecular weight excluding hydrogens is 230 g/mol. The fourth-order valence-electron chi connectivity index (χ4n) is 2.03. The van der Waals surface area contributed by atoms with Crippen LogP contribution in [0.4, 0.5) is 0 Å². The van der Waals surface area contributed by atoms with E-state index in [1.54, 1.807) is 7.11 Å². The lowest BCUT2D eigenvalue weighted by atomic mass is 10.1. The number of methoxy groups -OCH3 is 1. The first-order valence-corrected chi connectivity index (χ1v) is 6.38. The molecule has 4 heteroatoms. The lowest BCUT2D eigenvalue weighted by Crippen LogP contribution is -2.27. The summed E-state index contributed by atoms with van der Waals surface area (Å²) in [4.78, 5) is 0. The van der Waals surface area contributed by atoms with Crippen LogP contribution < -0.4 is 10.5 Å². The van der Waals surface area contributed by atoms with Crippen molar-refractivity contribution < 1.29 is 14.2 Å². The maximum Gasteiger partial charge on any atom is 0.118 e. The third-order valence-corrected chi connectivity index (χ3v) is 3.22. The van der Waals surface area contributed by atoms with Gasteiger partial charge in [0.15, 0.2) is 0 Å². The van der Waals surface area contributed by atoms with Gasteiger partial charge in [-0.1, -0.05) is 12.1 Å². The monoisotopic (exact) mass is 251 g/mol. The SMILES string of the molecule is COc1ccc(C(N)COC2CCOCC2)cc1. The van der Waals surface area contributed by atoms with Gasteiger partial charge >= 0.3 is 0 Å². The average Bonchev–Trinajstić information content (AvgIpc) is 2.46. The van der Waals surface area contributed by atoms with Crippen LogP contribution in [0, 0.1) is 0 Å². The van der Waals surface area contributed by atoms with Crippen molar-refractivity contribution in [1.82, 2.24) is 0 Å².